The molecule has 0 saturated heterocycles. The molecular formula is C14H21NO2. The van der Waals surface area contributed by atoms with Crippen LogP contribution in [-0.4, -0.2) is 26.2 Å². The van der Waals surface area contributed by atoms with Crippen molar-refractivity contribution in [2.45, 2.75) is 26.7 Å². The van der Waals surface area contributed by atoms with E-state index in [2.05, 4.69) is 13.0 Å². The van der Waals surface area contributed by atoms with Crippen molar-refractivity contribution in [3.8, 4) is 0 Å². The second kappa shape index (κ2) is 6.94. The molecule has 0 fully saturated rings. The van der Waals surface area contributed by atoms with Gasteiger partial charge < -0.3 is 9.64 Å². The zero-order valence-corrected chi connectivity index (χ0v) is 10.9. The van der Waals surface area contributed by atoms with Crippen molar-refractivity contribution in [3.05, 3.63) is 29.8 Å². The van der Waals surface area contributed by atoms with Crippen LogP contribution in [0.4, 0.5) is 5.69 Å². The summed E-state index contributed by atoms with van der Waals surface area (Å²) in [4.78, 5) is 13.4. The Morgan fingerprint density at radius 3 is 2.82 bits per heavy atom. The zero-order valence-electron chi connectivity index (χ0n) is 10.9. The van der Waals surface area contributed by atoms with Crippen LogP contribution >= 0.6 is 0 Å². The number of anilines is 1. The summed E-state index contributed by atoms with van der Waals surface area (Å²) in [5.74, 6) is -0.164. The van der Waals surface area contributed by atoms with Gasteiger partial charge in [0.2, 0.25) is 0 Å². The van der Waals surface area contributed by atoms with Gasteiger partial charge in [0.1, 0.15) is 6.54 Å². The lowest BCUT2D eigenvalue weighted by molar-refractivity contribution is -0.142. The maximum absolute atomic E-state index is 11.5. The molecule has 1 aromatic carbocycles. The molecule has 0 amide bonds. The number of esters is 1. The van der Waals surface area contributed by atoms with E-state index < -0.39 is 0 Å². The van der Waals surface area contributed by atoms with Gasteiger partial charge >= 0.3 is 5.97 Å². The molecule has 0 aliphatic carbocycles. The Hall–Kier alpha value is -1.51. The summed E-state index contributed by atoms with van der Waals surface area (Å²) in [5.41, 5.74) is 2.23. The molecule has 0 radical (unpaired) electrons. The molecule has 0 N–H and O–H groups in total. The van der Waals surface area contributed by atoms with E-state index in [9.17, 15) is 4.79 Å². The quantitative estimate of drug-likeness (QED) is 0.561. The highest BCUT2D eigenvalue weighted by Crippen LogP contribution is 2.13. The van der Waals surface area contributed by atoms with Crippen LogP contribution in [-0.2, 0) is 9.53 Å². The Labute approximate surface area is 103 Å². The zero-order chi connectivity index (χ0) is 12.7. The Balaban J connectivity index is 2.43. The van der Waals surface area contributed by atoms with Crippen LogP contribution in [0.2, 0.25) is 0 Å². The van der Waals surface area contributed by atoms with Crippen molar-refractivity contribution in [3.63, 3.8) is 0 Å². The number of rotatable bonds is 6. The van der Waals surface area contributed by atoms with Gasteiger partial charge in [0.05, 0.1) is 6.61 Å². The minimum Gasteiger partial charge on any atom is -0.464 e. The van der Waals surface area contributed by atoms with E-state index in [-0.39, 0.29) is 5.97 Å². The van der Waals surface area contributed by atoms with Gasteiger partial charge in [-0.2, -0.15) is 0 Å². The van der Waals surface area contributed by atoms with Crippen LogP contribution in [0.3, 0.4) is 0 Å². The maximum atomic E-state index is 11.5. The third-order valence-electron chi connectivity index (χ3n) is 2.57. The normalized spacial score (nSPS) is 10.1. The number of ether oxygens (including phenoxy) is 1. The molecule has 0 unspecified atom stereocenters. The number of carbonyl (C=O) groups excluding carboxylic acids is 1. The van der Waals surface area contributed by atoms with Crippen LogP contribution in [0.1, 0.15) is 25.3 Å². The average molecular weight is 235 g/mol. The molecule has 0 bridgehead atoms. The number of benzene rings is 1. The van der Waals surface area contributed by atoms with Gasteiger partial charge in [-0.25, -0.2) is 0 Å². The van der Waals surface area contributed by atoms with Crippen molar-refractivity contribution in [2.24, 2.45) is 0 Å². The second-order valence-corrected chi connectivity index (χ2v) is 4.27. The molecule has 94 valence electrons. The third-order valence-corrected chi connectivity index (χ3v) is 2.57. The van der Waals surface area contributed by atoms with E-state index in [1.807, 2.05) is 37.1 Å². The fraction of sp³-hybridized carbons (Fsp3) is 0.500. The summed E-state index contributed by atoms with van der Waals surface area (Å²) in [5, 5.41) is 0. The smallest absolute Gasteiger partial charge is 0.325 e. The number of hydrogen-bond acceptors (Lipinski definition) is 3. The maximum Gasteiger partial charge on any atom is 0.325 e. The van der Waals surface area contributed by atoms with Crippen LogP contribution in [0.15, 0.2) is 24.3 Å². The first-order chi connectivity index (χ1) is 8.13. The first kappa shape index (κ1) is 13.6. The molecule has 17 heavy (non-hydrogen) atoms. The first-order valence-electron chi connectivity index (χ1n) is 6.07. The van der Waals surface area contributed by atoms with Crippen molar-refractivity contribution < 1.29 is 9.53 Å². The summed E-state index contributed by atoms with van der Waals surface area (Å²) >= 11 is 0. The molecule has 3 heteroatoms. The van der Waals surface area contributed by atoms with Gasteiger partial charge in [0.25, 0.3) is 0 Å². The predicted molar refractivity (Wildman–Crippen MR) is 70.3 cm³/mol. The largest absolute Gasteiger partial charge is 0.464 e. The van der Waals surface area contributed by atoms with E-state index in [0.717, 1.165) is 18.5 Å². The summed E-state index contributed by atoms with van der Waals surface area (Å²) in [6.07, 6.45) is 1.97. The van der Waals surface area contributed by atoms with E-state index in [0.29, 0.717) is 13.2 Å². The molecule has 0 aliphatic rings. The van der Waals surface area contributed by atoms with Crippen molar-refractivity contribution >= 4 is 11.7 Å². The molecule has 3 nitrogen and oxygen atoms in total. The molecule has 0 atom stereocenters. The van der Waals surface area contributed by atoms with Gasteiger partial charge in [-0.3, -0.25) is 4.79 Å². The van der Waals surface area contributed by atoms with Crippen LogP contribution in [0.5, 0.6) is 0 Å². The summed E-state index contributed by atoms with van der Waals surface area (Å²) < 4.78 is 5.12. The van der Waals surface area contributed by atoms with Crippen LogP contribution in [0.25, 0.3) is 0 Å². The molecular weight excluding hydrogens is 214 g/mol. The average Bonchev–Trinajstić information content (AvgIpc) is 2.29. The van der Waals surface area contributed by atoms with Crippen molar-refractivity contribution in [1.29, 1.82) is 0 Å². The van der Waals surface area contributed by atoms with Gasteiger partial charge in [0, 0.05) is 12.7 Å². The highest BCUT2D eigenvalue weighted by atomic mass is 16.5. The SMILES string of the molecule is CCCCOC(=O)CN(C)c1cccc(C)c1. The summed E-state index contributed by atoms with van der Waals surface area (Å²) in [7, 11) is 1.90. The Kier molecular flexibility index (Phi) is 5.53. The molecule has 0 heterocycles. The van der Waals surface area contributed by atoms with Crippen molar-refractivity contribution in [2.75, 3.05) is 25.1 Å². The monoisotopic (exact) mass is 235 g/mol. The first-order valence-corrected chi connectivity index (χ1v) is 6.07. The topological polar surface area (TPSA) is 29.5 Å². The van der Waals surface area contributed by atoms with E-state index in [4.69, 9.17) is 4.74 Å². The lowest BCUT2D eigenvalue weighted by Crippen LogP contribution is -2.27. The van der Waals surface area contributed by atoms with E-state index in [1.54, 1.807) is 0 Å². The van der Waals surface area contributed by atoms with Gasteiger partial charge in [0.15, 0.2) is 0 Å². The Morgan fingerprint density at radius 2 is 2.18 bits per heavy atom. The number of carbonyl (C=O) groups is 1. The van der Waals surface area contributed by atoms with E-state index >= 15 is 0 Å². The third kappa shape index (κ3) is 4.89. The minimum absolute atomic E-state index is 0.164. The van der Waals surface area contributed by atoms with Crippen molar-refractivity contribution in [1.82, 2.24) is 0 Å². The molecule has 1 aromatic rings. The van der Waals surface area contributed by atoms with Gasteiger partial charge in [-0.1, -0.05) is 25.5 Å². The Bertz CT molecular complexity index is 363. The number of aryl methyl sites for hydroxylation is 1. The van der Waals surface area contributed by atoms with E-state index in [1.165, 1.54) is 5.56 Å². The lowest BCUT2D eigenvalue weighted by atomic mass is 10.2. The molecule has 0 spiro atoms. The fourth-order valence-corrected chi connectivity index (χ4v) is 1.53. The highest BCUT2D eigenvalue weighted by molar-refractivity contribution is 5.75. The minimum atomic E-state index is -0.164. The molecule has 0 aromatic heterocycles. The number of hydrogen-bond donors (Lipinski definition) is 0. The predicted octanol–water partition coefficient (Wildman–Crippen LogP) is 2.77. The number of nitrogens with zero attached hydrogens (tertiary/aromatic N) is 1. The summed E-state index contributed by atoms with van der Waals surface area (Å²) in [6, 6.07) is 8.08. The highest BCUT2D eigenvalue weighted by Gasteiger charge is 2.08. The van der Waals surface area contributed by atoms with Crippen LogP contribution < -0.4 is 4.90 Å². The Morgan fingerprint density at radius 1 is 1.41 bits per heavy atom. The molecule has 1 rings (SSSR count). The standard InChI is InChI=1S/C14H21NO2/c1-4-5-9-17-14(16)11-15(3)13-8-6-7-12(2)10-13/h6-8,10H,4-5,9,11H2,1-3H3. The van der Waals surface area contributed by atoms with Gasteiger partial charge in [-0.05, 0) is 31.0 Å². The molecule has 0 aliphatic heterocycles. The van der Waals surface area contributed by atoms with Crippen LogP contribution in [0, 0.1) is 6.92 Å². The second-order valence-electron chi connectivity index (χ2n) is 4.27. The molecule has 0 saturated carbocycles. The lowest BCUT2D eigenvalue weighted by Gasteiger charge is -2.18. The fourth-order valence-electron chi connectivity index (χ4n) is 1.53. The summed E-state index contributed by atoms with van der Waals surface area (Å²) in [6.45, 7) is 4.94. The van der Waals surface area contributed by atoms with Gasteiger partial charge in [-0.15, -0.1) is 0 Å². The number of likely N-dealkylation sites (N-methyl/N-ethyl adjacent to an activating group) is 1. The number of unbranched alkanes of at least 4 members (excludes halogenated alkanes) is 1.